The molecule has 2 rings (SSSR count). The van der Waals surface area contributed by atoms with Gasteiger partial charge in [0.25, 0.3) is 0 Å². The Morgan fingerprint density at radius 2 is 1.72 bits per heavy atom. The molecule has 0 bridgehead atoms. The van der Waals surface area contributed by atoms with Crippen molar-refractivity contribution >= 4 is 35.3 Å². The number of rotatable bonds is 7. The van der Waals surface area contributed by atoms with Gasteiger partial charge in [0.15, 0.2) is 5.78 Å². The highest BCUT2D eigenvalue weighted by molar-refractivity contribution is 8.00. The molecule has 0 aliphatic carbocycles. The smallest absolute Gasteiger partial charge is 0.243 e. The molecule has 2 fully saturated rings. The van der Waals surface area contributed by atoms with Crippen LogP contribution in [0.2, 0.25) is 0 Å². The zero-order chi connectivity index (χ0) is 22.1. The summed E-state index contributed by atoms with van der Waals surface area (Å²) >= 11 is 1.36. The van der Waals surface area contributed by atoms with E-state index in [1.807, 2.05) is 27.7 Å². The fourth-order valence-electron chi connectivity index (χ4n) is 4.49. The van der Waals surface area contributed by atoms with Gasteiger partial charge in [-0.15, -0.1) is 11.8 Å². The Balaban J connectivity index is 2.01. The quantitative estimate of drug-likeness (QED) is 0.596. The lowest BCUT2D eigenvalue weighted by Crippen LogP contribution is -2.63. The largest absolute Gasteiger partial charge is 0.347 e. The van der Waals surface area contributed by atoms with Gasteiger partial charge in [-0.1, -0.05) is 0 Å². The molecule has 0 aromatic rings. The lowest BCUT2D eigenvalue weighted by atomic mass is 9.78. The van der Waals surface area contributed by atoms with E-state index in [4.69, 9.17) is 0 Å². The van der Waals surface area contributed by atoms with E-state index in [2.05, 4.69) is 5.32 Å². The fraction of sp³-hybridized carbons (Fsp3) is 0.800. The molecule has 0 aromatic heterocycles. The summed E-state index contributed by atoms with van der Waals surface area (Å²) < 4.78 is 0. The topological polar surface area (TPSA) is 107 Å². The Kier molecular flexibility index (Phi) is 7.17. The molecule has 2 N–H and O–H groups in total. The van der Waals surface area contributed by atoms with E-state index < -0.39 is 22.4 Å². The second-order valence-electron chi connectivity index (χ2n) is 9.32. The molecule has 9 heteroatoms. The first kappa shape index (κ1) is 23.8. The van der Waals surface area contributed by atoms with E-state index in [0.29, 0.717) is 25.0 Å². The van der Waals surface area contributed by atoms with Crippen molar-refractivity contribution in [1.29, 1.82) is 0 Å². The number of nitrogens with one attached hydrogen (secondary N) is 1. The Labute approximate surface area is 176 Å². The molecule has 2 unspecified atom stereocenters. The van der Waals surface area contributed by atoms with Gasteiger partial charge in [0, 0.05) is 30.5 Å². The second-order valence-corrected chi connectivity index (χ2v) is 10.6. The van der Waals surface area contributed by atoms with E-state index in [1.54, 1.807) is 0 Å². The summed E-state index contributed by atoms with van der Waals surface area (Å²) in [6, 6.07) is -0.822. The van der Waals surface area contributed by atoms with Gasteiger partial charge in [-0.2, -0.15) is 5.06 Å². The zero-order valence-corrected chi connectivity index (χ0v) is 19.0. The van der Waals surface area contributed by atoms with Gasteiger partial charge >= 0.3 is 0 Å². The summed E-state index contributed by atoms with van der Waals surface area (Å²) in [5.41, 5.74) is -1.10. The number of ketones is 1. The first-order valence-electron chi connectivity index (χ1n) is 10.0. The number of piperidine rings is 1. The summed E-state index contributed by atoms with van der Waals surface area (Å²) in [7, 11) is 0. The van der Waals surface area contributed by atoms with Crippen LogP contribution in [-0.4, -0.2) is 72.8 Å². The number of nitrogens with zero attached hydrogens (tertiary/aromatic N) is 2. The van der Waals surface area contributed by atoms with Crippen molar-refractivity contribution in [2.24, 2.45) is 0 Å². The summed E-state index contributed by atoms with van der Waals surface area (Å²) in [6.07, 6.45) is 1.59. The lowest BCUT2D eigenvalue weighted by molar-refractivity contribution is -0.250. The van der Waals surface area contributed by atoms with Crippen molar-refractivity contribution in [3.05, 3.63) is 0 Å². The highest BCUT2D eigenvalue weighted by Crippen LogP contribution is 2.41. The molecule has 2 aliphatic heterocycles. The van der Waals surface area contributed by atoms with Crippen molar-refractivity contribution in [2.45, 2.75) is 95.6 Å². The van der Waals surface area contributed by atoms with Crippen LogP contribution in [0.4, 0.5) is 0 Å². The minimum Gasteiger partial charge on any atom is -0.347 e. The van der Waals surface area contributed by atoms with Gasteiger partial charge in [0.05, 0.1) is 11.3 Å². The third-order valence-electron chi connectivity index (χ3n) is 5.72. The fourth-order valence-corrected chi connectivity index (χ4v) is 5.66. The summed E-state index contributed by atoms with van der Waals surface area (Å²) in [6.45, 7) is 10.4. The Morgan fingerprint density at radius 3 is 2.21 bits per heavy atom. The summed E-state index contributed by atoms with van der Waals surface area (Å²) in [5, 5.41) is 13.9. The molecule has 29 heavy (non-hydrogen) atoms. The number of hydrogen-bond acceptors (Lipinski definition) is 7. The van der Waals surface area contributed by atoms with Crippen LogP contribution in [0.1, 0.15) is 67.2 Å². The molecule has 2 atom stereocenters. The highest BCUT2D eigenvalue weighted by atomic mass is 32.2. The minimum atomic E-state index is -0.571. The molecule has 2 aliphatic rings. The molecule has 3 amide bonds. The molecule has 2 heterocycles. The van der Waals surface area contributed by atoms with Crippen molar-refractivity contribution in [3.63, 3.8) is 0 Å². The number of hydroxylamine groups is 2. The minimum absolute atomic E-state index is 0.128. The molecular formula is C20H33N3O5S. The first-order valence-corrected chi connectivity index (χ1v) is 11.1. The Hall–Kier alpha value is -1.45. The van der Waals surface area contributed by atoms with Crippen LogP contribution in [0.3, 0.4) is 0 Å². The average molecular weight is 428 g/mol. The van der Waals surface area contributed by atoms with Crippen LogP contribution >= 0.6 is 11.8 Å². The SMILES string of the molecule is CC(=O)NC(CCSC1CC(=O)N(C2CC(C)(C)N(O)C(C)(C)C2)C1=O)C(C)=O. The maximum Gasteiger partial charge on any atom is 0.243 e. The summed E-state index contributed by atoms with van der Waals surface area (Å²) in [4.78, 5) is 49.9. The molecule has 2 saturated heterocycles. The maximum atomic E-state index is 13.0. The molecule has 0 saturated carbocycles. The number of carbonyl (C=O) groups excluding carboxylic acids is 4. The first-order chi connectivity index (χ1) is 13.3. The van der Waals surface area contributed by atoms with Crippen molar-refractivity contribution in [2.75, 3.05) is 5.75 Å². The van der Waals surface area contributed by atoms with Gasteiger partial charge in [-0.05, 0) is 59.6 Å². The van der Waals surface area contributed by atoms with E-state index in [9.17, 15) is 24.4 Å². The average Bonchev–Trinajstić information content (AvgIpc) is 2.84. The number of hydrogen-bond donors (Lipinski definition) is 2. The monoisotopic (exact) mass is 427 g/mol. The normalized spacial score (nSPS) is 25.9. The van der Waals surface area contributed by atoms with Crippen molar-refractivity contribution in [3.8, 4) is 0 Å². The van der Waals surface area contributed by atoms with Crippen LogP contribution in [0.15, 0.2) is 0 Å². The lowest BCUT2D eigenvalue weighted by Gasteiger charge is -2.52. The highest BCUT2D eigenvalue weighted by Gasteiger charge is 2.51. The van der Waals surface area contributed by atoms with Crippen molar-refractivity contribution in [1.82, 2.24) is 15.3 Å². The van der Waals surface area contributed by atoms with Gasteiger partial charge in [0.2, 0.25) is 17.7 Å². The number of amides is 3. The summed E-state index contributed by atoms with van der Waals surface area (Å²) in [5.74, 6) is -0.276. The van der Waals surface area contributed by atoms with Crippen LogP contribution < -0.4 is 5.32 Å². The van der Waals surface area contributed by atoms with Crippen LogP contribution in [0.5, 0.6) is 0 Å². The molecular weight excluding hydrogens is 394 g/mol. The number of Topliss-reactive ketones (excluding diaryl/α,β-unsaturated/α-hetero) is 1. The third-order valence-corrected chi connectivity index (χ3v) is 6.96. The molecule has 164 valence electrons. The molecule has 0 radical (unpaired) electrons. The molecule has 0 aromatic carbocycles. The number of thioether (sulfide) groups is 1. The third kappa shape index (κ3) is 5.38. The Bertz CT molecular complexity index is 676. The van der Waals surface area contributed by atoms with Gasteiger partial charge in [-0.3, -0.25) is 24.1 Å². The van der Waals surface area contributed by atoms with Gasteiger partial charge in [-0.25, -0.2) is 0 Å². The zero-order valence-electron chi connectivity index (χ0n) is 18.2. The Morgan fingerprint density at radius 1 is 1.17 bits per heavy atom. The maximum absolute atomic E-state index is 13.0. The predicted molar refractivity (Wildman–Crippen MR) is 110 cm³/mol. The van der Waals surface area contributed by atoms with E-state index in [-0.39, 0.29) is 36.0 Å². The standard InChI is InChI=1S/C20H33N3O5S/c1-12(24)15(21-13(2)25)7-8-29-16-9-17(26)22(18(16)27)14-10-19(3,4)23(28)20(5,6)11-14/h14-16,28H,7-11H2,1-6H3,(H,21,25). The van der Waals surface area contributed by atoms with Crippen LogP contribution in [0, 0.1) is 0 Å². The predicted octanol–water partition coefficient (Wildman–Crippen LogP) is 1.74. The molecule has 0 spiro atoms. The number of carbonyl (C=O) groups is 4. The van der Waals surface area contributed by atoms with E-state index in [1.165, 1.54) is 35.6 Å². The second kappa shape index (κ2) is 8.73. The van der Waals surface area contributed by atoms with Gasteiger partial charge in [0.1, 0.15) is 0 Å². The molecule has 8 nitrogen and oxygen atoms in total. The van der Waals surface area contributed by atoms with Crippen LogP contribution in [0.25, 0.3) is 0 Å². The van der Waals surface area contributed by atoms with Crippen molar-refractivity contribution < 1.29 is 24.4 Å². The number of imide groups is 1. The van der Waals surface area contributed by atoms with Gasteiger partial charge < -0.3 is 10.5 Å². The van der Waals surface area contributed by atoms with E-state index >= 15 is 0 Å². The van der Waals surface area contributed by atoms with Crippen LogP contribution in [-0.2, 0) is 19.2 Å². The van der Waals surface area contributed by atoms with E-state index in [0.717, 1.165) is 0 Å². The number of likely N-dealkylation sites (tertiary alicyclic amines) is 1.